The summed E-state index contributed by atoms with van der Waals surface area (Å²) in [5.74, 6) is -0.109. The van der Waals surface area contributed by atoms with Gasteiger partial charge in [-0.25, -0.2) is 4.98 Å². The van der Waals surface area contributed by atoms with Gasteiger partial charge >= 0.3 is 0 Å². The van der Waals surface area contributed by atoms with Gasteiger partial charge in [0.15, 0.2) is 0 Å². The number of fused-ring (bicyclic) bond motifs is 1. The average molecular weight is 353 g/mol. The van der Waals surface area contributed by atoms with Crippen LogP contribution >= 0.6 is 0 Å². The van der Waals surface area contributed by atoms with Crippen LogP contribution in [0.5, 0.6) is 0 Å². The van der Waals surface area contributed by atoms with Crippen molar-refractivity contribution in [1.82, 2.24) is 15.3 Å². The molecule has 0 radical (unpaired) electrons. The third kappa shape index (κ3) is 3.70. The lowest BCUT2D eigenvalue weighted by atomic mass is 10.0. The number of amides is 1. The van der Waals surface area contributed by atoms with E-state index in [1.54, 1.807) is 12.4 Å². The predicted octanol–water partition coefficient (Wildman–Crippen LogP) is 4.54. The minimum absolute atomic E-state index is 0.109. The molecule has 0 fully saturated rings. The van der Waals surface area contributed by atoms with Crippen LogP contribution in [0, 0.1) is 6.92 Å². The van der Waals surface area contributed by atoms with E-state index < -0.39 is 0 Å². The van der Waals surface area contributed by atoms with Crippen molar-refractivity contribution in [2.45, 2.75) is 13.5 Å². The molecule has 4 rings (SSSR count). The standard InChI is InChI=1S/C23H19N3O/c1-16-7-8-21-19(13-16)20(14-22(26-21)18-5-3-2-4-6-18)23(27)25-15-17-9-11-24-12-10-17/h2-14H,15H2,1H3,(H,25,27). The molecule has 2 aromatic heterocycles. The van der Waals surface area contributed by atoms with Gasteiger partial charge in [-0.1, -0.05) is 42.0 Å². The van der Waals surface area contributed by atoms with Gasteiger partial charge in [0.25, 0.3) is 5.91 Å². The number of rotatable bonds is 4. The number of nitrogens with one attached hydrogen (secondary N) is 1. The normalized spacial score (nSPS) is 10.7. The molecule has 0 aliphatic carbocycles. The van der Waals surface area contributed by atoms with Crippen molar-refractivity contribution in [3.63, 3.8) is 0 Å². The number of carbonyl (C=O) groups is 1. The number of carbonyl (C=O) groups excluding carboxylic acids is 1. The van der Waals surface area contributed by atoms with E-state index in [1.807, 2.05) is 73.7 Å². The number of aryl methyl sites for hydroxylation is 1. The van der Waals surface area contributed by atoms with Crippen molar-refractivity contribution in [3.8, 4) is 11.3 Å². The summed E-state index contributed by atoms with van der Waals surface area (Å²) in [7, 11) is 0. The maximum Gasteiger partial charge on any atom is 0.252 e. The number of nitrogens with zero attached hydrogens (tertiary/aromatic N) is 2. The van der Waals surface area contributed by atoms with Gasteiger partial charge in [0.1, 0.15) is 0 Å². The van der Waals surface area contributed by atoms with Crippen LogP contribution in [0.2, 0.25) is 0 Å². The molecule has 27 heavy (non-hydrogen) atoms. The molecule has 0 unspecified atom stereocenters. The largest absolute Gasteiger partial charge is 0.348 e. The number of hydrogen-bond acceptors (Lipinski definition) is 3. The number of pyridine rings is 2. The first-order chi connectivity index (χ1) is 13.2. The van der Waals surface area contributed by atoms with Gasteiger partial charge in [0, 0.05) is 29.9 Å². The molecular weight excluding hydrogens is 334 g/mol. The summed E-state index contributed by atoms with van der Waals surface area (Å²) < 4.78 is 0. The van der Waals surface area contributed by atoms with Crippen LogP contribution in [0.1, 0.15) is 21.5 Å². The van der Waals surface area contributed by atoms with Gasteiger partial charge in [0.05, 0.1) is 16.8 Å². The summed E-state index contributed by atoms with van der Waals surface area (Å²) in [6.07, 6.45) is 3.44. The Balaban J connectivity index is 1.75. The Hall–Kier alpha value is -3.53. The van der Waals surface area contributed by atoms with Crippen LogP contribution in [0.25, 0.3) is 22.2 Å². The van der Waals surface area contributed by atoms with E-state index in [4.69, 9.17) is 4.98 Å². The first-order valence-electron chi connectivity index (χ1n) is 8.84. The van der Waals surface area contributed by atoms with E-state index in [-0.39, 0.29) is 5.91 Å². The van der Waals surface area contributed by atoms with Gasteiger partial charge in [-0.3, -0.25) is 9.78 Å². The SMILES string of the molecule is Cc1ccc2nc(-c3ccccc3)cc(C(=O)NCc3ccncc3)c2c1. The summed E-state index contributed by atoms with van der Waals surface area (Å²) >= 11 is 0. The smallest absolute Gasteiger partial charge is 0.252 e. The van der Waals surface area contributed by atoms with Gasteiger partial charge in [-0.2, -0.15) is 0 Å². The second kappa shape index (κ2) is 7.38. The molecule has 2 heterocycles. The number of aromatic nitrogens is 2. The molecule has 132 valence electrons. The Bertz CT molecular complexity index is 1090. The second-order valence-electron chi connectivity index (χ2n) is 6.48. The molecule has 0 aliphatic heterocycles. The van der Waals surface area contributed by atoms with E-state index in [0.29, 0.717) is 12.1 Å². The third-order valence-electron chi connectivity index (χ3n) is 4.48. The van der Waals surface area contributed by atoms with Crippen molar-refractivity contribution < 1.29 is 4.79 Å². The number of benzene rings is 2. The Labute approximate surface area is 157 Å². The van der Waals surface area contributed by atoms with Gasteiger partial charge < -0.3 is 5.32 Å². The van der Waals surface area contributed by atoms with Crippen molar-refractivity contribution in [2.24, 2.45) is 0 Å². The Morgan fingerprint density at radius 3 is 2.52 bits per heavy atom. The topological polar surface area (TPSA) is 54.9 Å². The first-order valence-corrected chi connectivity index (χ1v) is 8.84. The minimum Gasteiger partial charge on any atom is -0.348 e. The van der Waals surface area contributed by atoms with Gasteiger partial charge in [0.2, 0.25) is 0 Å². The van der Waals surface area contributed by atoms with E-state index in [2.05, 4.69) is 10.3 Å². The Kier molecular flexibility index (Phi) is 4.62. The van der Waals surface area contributed by atoms with E-state index in [1.165, 1.54) is 0 Å². The maximum absolute atomic E-state index is 13.0. The first kappa shape index (κ1) is 16.9. The highest BCUT2D eigenvalue weighted by Gasteiger charge is 2.14. The molecule has 0 atom stereocenters. The molecule has 1 N–H and O–H groups in total. The maximum atomic E-state index is 13.0. The van der Waals surface area contributed by atoms with Crippen molar-refractivity contribution >= 4 is 16.8 Å². The Morgan fingerprint density at radius 2 is 1.74 bits per heavy atom. The summed E-state index contributed by atoms with van der Waals surface area (Å²) in [4.78, 5) is 21.7. The summed E-state index contributed by atoms with van der Waals surface area (Å²) in [6.45, 7) is 2.47. The molecule has 2 aromatic carbocycles. The molecule has 4 heteroatoms. The van der Waals surface area contributed by atoms with Crippen LogP contribution < -0.4 is 5.32 Å². The van der Waals surface area contributed by atoms with E-state index in [0.717, 1.165) is 33.3 Å². The lowest BCUT2D eigenvalue weighted by Crippen LogP contribution is -2.23. The molecule has 4 aromatic rings. The van der Waals surface area contributed by atoms with Crippen LogP contribution in [0.3, 0.4) is 0 Å². The van der Waals surface area contributed by atoms with Crippen molar-refractivity contribution in [1.29, 1.82) is 0 Å². The van der Waals surface area contributed by atoms with Crippen LogP contribution in [0.15, 0.2) is 79.1 Å². The monoisotopic (exact) mass is 353 g/mol. The number of hydrogen-bond donors (Lipinski definition) is 1. The molecule has 0 saturated heterocycles. The van der Waals surface area contributed by atoms with Crippen LogP contribution in [-0.4, -0.2) is 15.9 Å². The van der Waals surface area contributed by atoms with Gasteiger partial charge in [-0.05, 0) is 42.8 Å². The van der Waals surface area contributed by atoms with Crippen molar-refractivity contribution in [3.05, 3.63) is 95.8 Å². The van der Waals surface area contributed by atoms with E-state index in [9.17, 15) is 4.79 Å². The van der Waals surface area contributed by atoms with E-state index >= 15 is 0 Å². The molecule has 0 spiro atoms. The molecule has 0 aliphatic rings. The van der Waals surface area contributed by atoms with Crippen LogP contribution in [0.4, 0.5) is 0 Å². The highest BCUT2D eigenvalue weighted by atomic mass is 16.1. The highest BCUT2D eigenvalue weighted by Crippen LogP contribution is 2.25. The molecule has 1 amide bonds. The fourth-order valence-electron chi connectivity index (χ4n) is 3.06. The summed E-state index contributed by atoms with van der Waals surface area (Å²) in [6, 6.07) is 21.6. The fraction of sp³-hybridized carbons (Fsp3) is 0.0870. The summed E-state index contributed by atoms with van der Waals surface area (Å²) in [5.41, 5.74) is 5.34. The highest BCUT2D eigenvalue weighted by molar-refractivity contribution is 6.07. The molecule has 0 bridgehead atoms. The zero-order chi connectivity index (χ0) is 18.6. The predicted molar refractivity (Wildman–Crippen MR) is 107 cm³/mol. The second-order valence-corrected chi connectivity index (χ2v) is 6.48. The molecule has 4 nitrogen and oxygen atoms in total. The lowest BCUT2D eigenvalue weighted by Gasteiger charge is -2.11. The van der Waals surface area contributed by atoms with Crippen molar-refractivity contribution in [2.75, 3.05) is 0 Å². The zero-order valence-electron chi connectivity index (χ0n) is 15.0. The summed E-state index contributed by atoms with van der Waals surface area (Å²) in [5, 5.41) is 3.87. The van der Waals surface area contributed by atoms with Gasteiger partial charge in [-0.15, -0.1) is 0 Å². The fourth-order valence-corrected chi connectivity index (χ4v) is 3.06. The molecular formula is C23H19N3O. The zero-order valence-corrected chi connectivity index (χ0v) is 15.0. The Morgan fingerprint density at radius 1 is 0.963 bits per heavy atom. The minimum atomic E-state index is -0.109. The lowest BCUT2D eigenvalue weighted by molar-refractivity contribution is 0.0952. The quantitative estimate of drug-likeness (QED) is 0.586. The third-order valence-corrected chi connectivity index (χ3v) is 4.48. The van der Waals surface area contributed by atoms with Crippen LogP contribution in [-0.2, 0) is 6.54 Å². The molecule has 0 saturated carbocycles. The average Bonchev–Trinajstić information content (AvgIpc) is 2.72.